The molecule has 3 amide bonds. The fourth-order valence-electron chi connectivity index (χ4n) is 2.74. The highest BCUT2D eigenvalue weighted by atomic mass is 16.2. The van der Waals surface area contributed by atoms with Gasteiger partial charge in [0.2, 0.25) is 5.91 Å². The predicted molar refractivity (Wildman–Crippen MR) is 88.5 cm³/mol. The van der Waals surface area contributed by atoms with Gasteiger partial charge in [0.15, 0.2) is 0 Å². The van der Waals surface area contributed by atoms with Crippen molar-refractivity contribution in [1.29, 1.82) is 0 Å². The molecular formula is C16H32N4O2. The van der Waals surface area contributed by atoms with Crippen molar-refractivity contribution in [1.82, 2.24) is 15.5 Å². The SMILES string of the molecule is CCCCCNC(=O)NCCCCN1CCC(C(N)=O)CC1. The molecule has 0 bridgehead atoms. The number of primary amides is 1. The van der Waals surface area contributed by atoms with Crippen molar-refractivity contribution >= 4 is 11.9 Å². The largest absolute Gasteiger partial charge is 0.369 e. The molecule has 1 heterocycles. The Labute approximate surface area is 134 Å². The van der Waals surface area contributed by atoms with E-state index < -0.39 is 0 Å². The Kier molecular flexibility index (Phi) is 9.62. The van der Waals surface area contributed by atoms with Gasteiger partial charge < -0.3 is 21.3 Å². The minimum absolute atomic E-state index is 0.0571. The topological polar surface area (TPSA) is 87.5 Å². The second kappa shape index (κ2) is 11.3. The van der Waals surface area contributed by atoms with Crippen LogP contribution in [0, 0.1) is 5.92 Å². The van der Waals surface area contributed by atoms with Crippen LogP contribution in [-0.2, 0) is 4.79 Å². The van der Waals surface area contributed by atoms with E-state index in [4.69, 9.17) is 5.73 Å². The smallest absolute Gasteiger partial charge is 0.314 e. The maximum absolute atomic E-state index is 11.5. The summed E-state index contributed by atoms with van der Waals surface area (Å²) in [5.41, 5.74) is 5.33. The first-order valence-corrected chi connectivity index (χ1v) is 8.66. The average Bonchev–Trinajstić information content (AvgIpc) is 2.51. The molecule has 0 aromatic carbocycles. The van der Waals surface area contributed by atoms with E-state index in [1.54, 1.807) is 0 Å². The number of nitrogens with two attached hydrogens (primary N) is 1. The summed E-state index contributed by atoms with van der Waals surface area (Å²) >= 11 is 0. The van der Waals surface area contributed by atoms with E-state index >= 15 is 0 Å². The summed E-state index contributed by atoms with van der Waals surface area (Å²) in [6.07, 6.45) is 7.19. The van der Waals surface area contributed by atoms with Gasteiger partial charge in [0, 0.05) is 19.0 Å². The van der Waals surface area contributed by atoms with Crippen molar-refractivity contribution in [3.63, 3.8) is 0 Å². The van der Waals surface area contributed by atoms with Crippen LogP contribution in [0.3, 0.4) is 0 Å². The highest BCUT2D eigenvalue weighted by molar-refractivity contribution is 5.76. The van der Waals surface area contributed by atoms with Crippen molar-refractivity contribution in [3.05, 3.63) is 0 Å². The van der Waals surface area contributed by atoms with Crippen LogP contribution < -0.4 is 16.4 Å². The highest BCUT2D eigenvalue weighted by Gasteiger charge is 2.22. The van der Waals surface area contributed by atoms with Gasteiger partial charge in [0.05, 0.1) is 0 Å². The molecule has 0 spiro atoms. The van der Waals surface area contributed by atoms with Gasteiger partial charge in [0.1, 0.15) is 0 Å². The minimum atomic E-state index is -0.159. The average molecular weight is 312 g/mol. The number of likely N-dealkylation sites (tertiary alicyclic amines) is 1. The summed E-state index contributed by atoms with van der Waals surface area (Å²) in [4.78, 5) is 25.0. The molecule has 4 N–H and O–H groups in total. The predicted octanol–water partition coefficient (Wildman–Crippen LogP) is 1.45. The molecule has 0 radical (unpaired) electrons. The lowest BCUT2D eigenvalue weighted by atomic mass is 9.96. The lowest BCUT2D eigenvalue weighted by molar-refractivity contribution is -0.123. The number of carbonyl (C=O) groups excluding carboxylic acids is 2. The van der Waals surface area contributed by atoms with Crippen molar-refractivity contribution in [2.24, 2.45) is 11.7 Å². The quantitative estimate of drug-likeness (QED) is 0.534. The van der Waals surface area contributed by atoms with E-state index in [2.05, 4.69) is 22.5 Å². The molecule has 1 aliphatic heterocycles. The molecule has 0 aromatic rings. The van der Waals surface area contributed by atoms with Crippen molar-refractivity contribution in [3.8, 4) is 0 Å². The minimum Gasteiger partial charge on any atom is -0.369 e. The Morgan fingerprint density at radius 3 is 2.18 bits per heavy atom. The van der Waals surface area contributed by atoms with E-state index in [9.17, 15) is 9.59 Å². The van der Waals surface area contributed by atoms with Gasteiger partial charge >= 0.3 is 6.03 Å². The summed E-state index contributed by atoms with van der Waals surface area (Å²) in [6.45, 7) is 6.57. The first kappa shape index (κ1) is 18.7. The normalized spacial score (nSPS) is 16.4. The van der Waals surface area contributed by atoms with Crippen LogP contribution in [0.25, 0.3) is 0 Å². The molecular weight excluding hydrogens is 280 g/mol. The standard InChI is InChI=1S/C16H32N4O2/c1-2-3-4-9-18-16(22)19-10-5-6-11-20-12-7-14(8-13-20)15(17)21/h14H,2-13H2,1H3,(H2,17,21)(H2,18,19,22). The molecule has 1 rings (SSSR count). The fraction of sp³-hybridized carbons (Fsp3) is 0.875. The van der Waals surface area contributed by atoms with Gasteiger partial charge in [-0.2, -0.15) is 0 Å². The van der Waals surface area contributed by atoms with Crippen LogP contribution in [0.5, 0.6) is 0 Å². The van der Waals surface area contributed by atoms with Crippen molar-refractivity contribution < 1.29 is 9.59 Å². The second-order valence-electron chi connectivity index (χ2n) is 6.12. The van der Waals surface area contributed by atoms with E-state index in [-0.39, 0.29) is 17.9 Å². The number of piperidine rings is 1. The number of hydrogen-bond donors (Lipinski definition) is 3. The third kappa shape index (κ3) is 8.22. The van der Waals surface area contributed by atoms with Gasteiger partial charge in [-0.25, -0.2) is 4.79 Å². The van der Waals surface area contributed by atoms with E-state index in [1.807, 2.05) is 0 Å². The van der Waals surface area contributed by atoms with Crippen LogP contribution in [-0.4, -0.2) is 49.6 Å². The van der Waals surface area contributed by atoms with Crippen LogP contribution in [0.4, 0.5) is 4.79 Å². The Morgan fingerprint density at radius 1 is 1.05 bits per heavy atom. The summed E-state index contributed by atoms with van der Waals surface area (Å²) in [5.74, 6) is -0.0943. The summed E-state index contributed by atoms with van der Waals surface area (Å²) in [6, 6.07) is -0.0571. The molecule has 0 saturated carbocycles. The maximum Gasteiger partial charge on any atom is 0.314 e. The Balaban J connectivity index is 1.93. The molecule has 128 valence electrons. The highest BCUT2D eigenvalue weighted by Crippen LogP contribution is 2.16. The molecule has 1 aliphatic rings. The van der Waals surface area contributed by atoms with E-state index in [0.717, 1.165) is 71.2 Å². The number of hydrogen-bond acceptors (Lipinski definition) is 3. The molecule has 0 atom stereocenters. The zero-order valence-corrected chi connectivity index (χ0v) is 13.9. The van der Waals surface area contributed by atoms with Crippen LogP contribution >= 0.6 is 0 Å². The fourth-order valence-corrected chi connectivity index (χ4v) is 2.74. The molecule has 0 aliphatic carbocycles. The number of nitrogens with zero attached hydrogens (tertiary/aromatic N) is 1. The van der Waals surface area contributed by atoms with Crippen LogP contribution in [0.1, 0.15) is 51.9 Å². The van der Waals surface area contributed by atoms with Crippen molar-refractivity contribution in [2.75, 3.05) is 32.7 Å². The lowest BCUT2D eigenvalue weighted by Crippen LogP contribution is -2.39. The molecule has 6 heteroatoms. The second-order valence-corrected chi connectivity index (χ2v) is 6.12. The Bertz CT molecular complexity index is 328. The lowest BCUT2D eigenvalue weighted by Gasteiger charge is -2.30. The molecule has 22 heavy (non-hydrogen) atoms. The number of nitrogens with one attached hydrogen (secondary N) is 2. The zero-order chi connectivity index (χ0) is 16.2. The van der Waals surface area contributed by atoms with Crippen molar-refractivity contribution in [2.45, 2.75) is 51.9 Å². The third-order valence-electron chi connectivity index (χ3n) is 4.24. The molecule has 1 saturated heterocycles. The van der Waals surface area contributed by atoms with Gasteiger partial charge in [-0.1, -0.05) is 19.8 Å². The zero-order valence-electron chi connectivity index (χ0n) is 13.9. The van der Waals surface area contributed by atoms with Crippen LogP contribution in [0.2, 0.25) is 0 Å². The monoisotopic (exact) mass is 312 g/mol. The van der Waals surface area contributed by atoms with E-state index in [1.165, 1.54) is 6.42 Å². The summed E-state index contributed by atoms with van der Waals surface area (Å²) in [7, 11) is 0. The maximum atomic E-state index is 11.5. The van der Waals surface area contributed by atoms with E-state index in [0.29, 0.717) is 0 Å². The van der Waals surface area contributed by atoms with Crippen LogP contribution in [0.15, 0.2) is 0 Å². The van der Waals surface area contributed by atoms with Gasteiger partial charge in [-0.15, -0.1) is 0 Å². The molecule has 0 aromatic heterocycles. The molecule has 1 fully saturated rings. The van der Waals surface area contributed by atoms with Gasteiger partial charge in [-0.3, -0.25) is 4.79 Å². The summed E-state index contributed by atoms with van der Waals surface area (Å²) in [5, 5.41) is 5.76. The number of unbranched alkanes of at least 4 members (excludes halogenated alkanes) is 3. The third-order valence-corrected chi connectivity index (χ3v) is 4.24. The first-order valence-electron chi connectivity index (χ1n) is 8.66. The number of rotatable bonds is 10. The van der Waals surface area contributed by atoms with Gasteiger partial charge in [-0.05, 0) is 51.7 Å². The molecule has 0 unspecified atom stereocenters. The Hall–Kier alpha value is -1.30. The number of carbonyl (C=O) groups is 2. The Morgan fingerprint density at radius 2 is 1.64 bits per heavy atom. The van der Waals surface area contributed by atoms with Gasteiger partial charge in [0.25, 0.3) is 0 Å². The number of amides is 3. The molecule has 6 nitrogen and oxygen atoms in total. The summed E-state index contributed by atoms with van der Waals surface area (Å²) < 4.78 is 0. The number of urea groups is 1. The first-order chi connectivity index (χ1) is 10.6.